The van der Waals surface area contributed by atoms with Crippen molar-refractivity contribution in [1.29, 1.82) is 0 Å². The zero-order chi connectivity index (χ0) is 48.7. The van der Waals surface area contributed by atoms with Gasteiger partial charge in [0.05, 0.1) is 49.8 Å². The number of nitrogens with zero attached hydrogens (tertiary/aromatic N) is 6. The first-order valence-electron chi connectivity index (χ1n) is 25.1. The van der Waals surface area contributed by atoms with Crippen LogP contribution >= 0.6 is 0 Å². The van der Waals surface area contributed by atoms with Crippen LogP contribution in [0.2, 0.25) is 0 Å². The topological polar surface area (TPSA) is 44.5 Å². The van der Waals surface area contributed by atoms with Crippen molar-refractivity contribution in [3.63, 3.8) is 0 Å². The second kappa shape index (κ2) is 16.8. The van der Waals surface area contributed by atoms with E-state index in [-0.39, 0.29) is 0 Å². The predicted octanol–water partition coefficient (Wildman–Crippen LogP) is 17.2. The standard InChI is InChI=1S/C68H44N6/c1-4-19-45(20-5-1)51-38-52(40-53(39-51)49-26-17-28-56(42-49)71-62-33-12-14-35-64(62)73-61-32-11-10-30-59(61)69-67(71)73)48-25-16-27-50(37-48)58-29-18-31-60-66(58)74-65-36-15-13-34-63(65)72(68(74)70-60)57-43-54(46-21-6-2-7-22-46)41-55(44-57)47-23-8-3-9-24-47/h1-44H. The van der Waals surface area contributed by atoms with Crippen molar-refractivity contribution in [2.75, 3.05) is 0 Å². The monoisotopic (exact) mass is 944 g/mol. The SMILES string of the molecule is c1ccc(-c2cc(-c3cccc(-c4cccc5nc6n(-c7cc(-c8ccccc8)cc(-c8ccccc8)c7)c7ccccc7n6c45)c3)cc(-c3cccc(-n4c5ccccc5n5c6ccccc6nc45)c3)c2)cc1. The van der Waals surface area contributed by atoms with Gasteiger partial charge < -0.3 is 0 Å². The number of hydrogen-bond acceptors (Lipinski definition) is 2. The van der Waals surface area contributed by atoms with E-state index < -0.39 is 0 Å². The summed E-state index contributed by atoms with van der Waals surface area (Å²) in [6.45, 7) is 0. The lowest BCUT2D eigenvalue weighted by Crippen LogP contribution is -1.97. The molecule has 0 saturated heterocycles. The Labute approximate surface area is 426 Å². The molecule has 0 N–H and O–H groups in total. The van der Waals surface area contributed by atoms with Crippen LogP contribution in [0.3, 0.4) is 0 Å². The van der Waals surface area contributed by atoms with Crippen LogP contribution in [-0.4, -0.2) is 27.9 Å². The Hall–Kier alpha value is -10.0. The van der Waals surface area contributed by atoms with Crippen molar-refractivity contribution in [3.05, 3.63) is 267 Å². The highest BCUT2D eigenvalue weighted by Crippen LogP contribution is 2.40. The van der Waals surface area contributed by atoms with Crippen LogP contribution in [0.25, 0.3) is 134 Å². The minimum Gasteiger partial charge on any atom is -0.278 e. The molecule has 0 bridgehead atoms. The fraction of sp³-hybridized carbons (Fsp3) is 0. The van der Waals surface area contributed by atoms with E-state index in [1.165, 1.54) is 11.1 Å². The van der Waals surface area contributed by atoms with Crippen LogP contribution < -0.4 is 0 Å². The number of rotatable bonds is 8. The Morgan fingerprint density at radius 2 is 0.608 bits per heavy atom. The van der Waals surface area contributed by atoms with E-state index in [1.807, 2.05) is 0 Å². The quantitative estimate of drug-likeness (QED) is 0.152. The first kappa shape index (κ1) is 41.7. The lowest BCUT2D eigenvalue weighted by Gasteiger charge is -2.14. The van der Waals surface area contributed by atoms with Crippen molar-refractivity contribution in [1.82, 2.24) is 27.9 Å². The minimum absolute atomic E-state index is 0.867. The highest BCUT2D eigenvalue weighted by molar-refractivity contribution is 6.01. The molecule has 6 heteroatoms. The number of para-hydroxylation sites is 7. The van der Waals surface area contributed by atoms with Gasteiger partial charge in [-0.25, -0.2) is 9.97 Å². The zero-order valence-corrected chi connectivity index (χ0v) is 40.1. The van der Waals surface area contributed by atoms with Crippen LogP contribution in [-0.2, 0) is 0 Å². The van der Waals surface area contributed by atoms with Gasteiger partial charge in [-0.05, 0) is 158 Å². The summed E-state index contributed by atoms with van der Waals surface area (Å²) in [7, 11) is 0. The Balaban J connectivity index is 0.886. The van der Waals surface area contributed by atoms with E-state index in [0.717, 1.165) is 123 Å². The van der Waals surface area contributed by atoms with E-state index >= 15 is 0 Å². The number of imidazole rings is 4. The summed E-state index contributed by atoms with van der Waals surface area (Å²) in [4.78, 5) is 10.7. The molecule has 4 aromatic heterocycles. The Morgan fingerprint density at radius 1 is 0.230 bits per heavy atom. The lowest BCUT2D eigenvalue weighted by atomic mass is 9.92. The Bertz CT molecular complexity index is 4590. The third kappa shape index (κ3) is 6.73. The van der Waals surface area contributed by atoms with Gasteiger partial charge in [0, 0.05) is 11.3 Å². The van der Waals surface area contributed by atoms with Gasteiger partial charge in [0.1, 0.15) is 0 Å². The number of fused-ring (bicyclic) bond motifs is 10. The molecule has 74 heavy (non-hydrogen) atoms. The molecule has 0 radical (unpaired) electrons. The highest BCUT2D eigenvalue weighted by atomic mass is 15.2. The van der Waals surface area contributed by atoms with Gasteiger partial charge in [-0.3, -0.25) is 17.9 Å². The number of hydrogen-bond donors (Lipinski definition) is 0. The molecule has 0 amide bonds. The lowest BCUT2D eigenvalue weighted by molar-refractivity contribution is 1.11. The summed E-state index contributed by atoms with van der Waals surface area (Å²) in [6.07, 6.45) is 0. The van der Waals surface area contributed by atoms with Gasteiger partial charge in [0.25, 0.3) is 0 Å². The fourth-order valence-electron chi connectivity index (χ4n) is 11.3. The zero-order valence-electron chi connectivity index (χ0n) is 40.1. The highest BCUT2D eigenvalue weighted by Gasteiger charge is 2.22. The van der Waals surface area contributed by atoms with Crippen molar-refractivity contribution < 1.29 is 0 Å². The normalized spacial score (nSPS) is 11.8. The number of benzene rings is 11. The summed E-state index contributed by atoms with van der Waals surface area (Å²) < 4.78 is 9.26. The van der Waals surface area contributed by atoms with Crippen molar-refractivity contribution in [2.45, 2.75) is 0 Å². The summed E-state index contributed by atoms with van der Waals surface area (Å²) in [5.41, 5.74) is 24.3. The second-order valence-electron chi connectivity index (χ2n) is 19.1. The second-order valence-corrected chi connectivity index (χ2v) is 19.1. The van der Waals surface area contributed by atoms with E-state index in [0.29, 0.717) is 0 Å². The minimum atomic E-state index is 0.867. The summed E-state index contributed by atoms with van der Waals surface area (Å²) in [5, 5.41) is 0. The molecule has 0 aliphatic heterocycles. The molecule has 6 nitrogen and oxygen atoms in total. The van der Waals surface area contributed by atoms with Crippen molar-refractivity contribution >= 4 is 55.7 Å². The largest absolute Gasteiger partial charge is 0.278 e. The van der Waals surface area contributed by atoms with Gasteiger partial charge in [-0.2, -0.15) is 0 Å². The molecular weight excluding hydrogens is 901 g/mol. The van der Waals surface area contributed by atoms with Crippen LogP contribution in [0, 0.1) is 0 Å². The van der Waals surface area contributed by atoms with Gasteiger partial charge in [0.2, 0.25) is 11.6 Å². The molecule has 0 fully saturated rings. The number of aromatic nitrogens is 6. The fourth-order valence-corrected chi connectivity index (χ4v) is 11.3. The molecule has 0 atom stereocenters. The maximum absolute atomic E-state index is 5.48. The van der Waals surface area contributed by atoms with Crippen LogP contribution in [0.1, 0.15) is 0 Å². The molecule has 0 spiro atoms. The average Bonchev–Trinajstić information content (AvgIpc) is 4.27. The van der Waals surface area contributed by atoms with Gasteiger partial charge in [0.15, 0.2) is 0 Å². The maximum Gasteiger partial charge on any atom is 0.220 e. The molecule has 15 rings (SSSR count). The average molecular weight is 945 g/mol. The van der Waals surface area contributed by atoms with Gasteiger partial charge >= 0.3 is 0 Å². The van der Waals surface area contributed by atoms with E-state index in [4.69, 9.17) is 9.97 Å². The Kier molecular flexibility index (Phi) is 9.47. The van der Waals surface area contributed by atoms with Gasteiger partial charge in [-0.15, -0.1) is 0 Å². The van der Waals surface area contributed by atoms with Crippen LogP contribution in [0.15, 0.2) is 267 Å². The van der Waals surface area contributed by atoms with Crippen LogP contribution in [0.5, 0.6) is 0 Å². The smallest absolute Gasteiger partial charge is 0.220 e. The van der Waals surface area contributed by atoms with E-state index in [1.54, 1.807) is 0 Å². The van der Waals surface area contributed by atoms with Gasteiger partial charge in [-0.1, -0.05) is 170 Å². The van der Waals surface area contributed by atoms with Crippen molar-refractivity contribution in [3.8, 4) is 78.1 Å². The molecule has 0 saturated carbocycles. The van der Waals surface area contributed by atoms with E-state index in [2.05, 4.69) is 285 Å². The van der Waals surface area contributed by atoms with Crippen LogP contribution in [0.4, 0.5) is 0 Å². The molecule has 11 aromatic carbocycles. The predicted molar refractivity (Wildman–Crippen MR) is 305 cm³/mol. The molecule has 15 aromatic rings. The first-order valence-corrected chi connectivity index (χ1v) is 25.1. The Morgan fingerprint density at radius 3 is 1.23 bits per heavy atom. The third-order valence-electron chi connectivity index (χ3n) is 14.7. The summed E-state index contributed by atoms with van der Waals surface area (Å²) in [5.74, 6) is 1.76. The molecule has 4 heterocycles. The molecule has 346 valence electrons. The molecule has 0 aliphatic rings. The molecule has 0 aliphatic carbocycles. The molecular formula is C68H44N6. The third-order valence-corrected chi connectivity index (χ3v) is 14.7. The summed E-state index contributed by atoms with van der Waals surface area (Å²) >= 11 is 0. The summed E-state index contributed by atoms with van der Waals surface area (Å²) in [6, 6.07) is 96.0. The molecule has 0 unspecified atom stereocenters. The van der Waals surface area contributed by atoms with E-state index in [9.17, 15) is 0 Å². The van der Waals surface area contributed by atoms with Crippen molar-refractivity contribution in [2.24, 2.45) is 0 Å². The maximum atomic E-state index is 5.48. The first-order chi connectivity index (χ1) is 36.7.